The van der Waals surface area contributed by atoms with Crippen molar-refractivity contribution in [1.82, 2.24) is 9.71 Å². The molecule has 5 nitrogen and oxygen atoms in total. The Labute approximate surface area is 128 Å². The molecule has 0 unspecified atom stereocenters. The third-order valence-electron chi connectivity index (χ3n) is 2.55. The third-order valence-corrected chi connectivity index (χ3v) is 3.98. The Morgan fingerprint density at radius 1 is 1.18 bits per heavy atom. The molecular formula is C15H13FN2O3S. The summed E-state index contributed by atoms with van der Waals surface area (Å²) in [6.45, 7) is -0.0276. The van der Waals surface area contributed by atoms with Crippen LogP contribution in [-0.4, -0.2) is 26.6 Å². The quantitative estimate of drug-likeness (QED) is 0.849. The highest BCUT2D eigenvalue weighted by molar-refractivity contribution is 7.89. The number of rotatable bonds is 5. The molecule has 22 heavy (non-hydrogen) atoms. The van der Waals surface area contributed by atoms with E-state index in [-0.39, 0.29) is 13.2 Å². The van der Waals surface area contributed by atoms with E-state index in [0.29, 0.717) is 5.75 Å². The van der Waals surface area contributed by atoms with E-state index in [2.05, 4.69) is 21.5 Å². The first kappa shape index (κ1) is 15.9. The Morgan fingerprint density at radius 3 is 2.73 bits per heavy atom. The first-order valence-electron chi connectivity index (χ1n) is 6.32. The zero-order valence-electron chi connectivity index (χ0n) is 11.5. The fourth-order valence-corrected chi connectivity index (χ4v) is 2.54. The number of hydrogen-bond acceptors (Lipinski definition) is 4. The van der Waals surface area contributed by atoms with E-state index in [0.717, 1.165) is 6.07 Å². The van der Waals surface area contributed by atoms with Crippen molar-refractivity contribution in [2.45, 2.75) is 4.90 Å². The van der Waals surface area contributed by atoms with Gasteiger partial charge in [-0.25, -0.2) is 12.8 Å². The molecule has 0 saturated heterocycles. The van der Waals surface area contributed by atoms with Gasteiger partial charge < -0.3 is 4.74 Å². The number of ether oxygens (including phenoxy) is 1. The van der Waals surface area contributed by atoms with E-state index in [1.165, 1.54) is 18.2 Å². The summed E-state index contributed by atoms with van der Waals surface area (Å²) in [5.74, 6) is 5.01. The normalized spacial score (nSPS) is 10.6. The summed E-state index contributed by atoms with van der Waals surface area (Å²) >= 11 is 0. The fraction of sp³-hybridized carbons (Fsp3) is 0.133. The van der Waals surface area contributed by atoms with Gasteiger partial charge in [-0.2, -0.15) is 4.72 Å². The van der Waals surface area contributed by atoms with Crippen molar-refractivity contribution in [3.05, 3.63) is 54.6 Å². The van der Waals surface area contributed by atoms with Crippen LogP contribution in [0.5, 0.6) is 5.75 Å². The largest absolute Gasteiger partial charge is 0.479 e. The molecule has 0 spiro atoms. The number of pyridine rings is 1. The number of benzene rings is 1. The molecule has 1 aromatic heterocycles. The average molecular weight is 320 g/mol. The summed E-state index contributed by atoms with van der Waals surface area (Å²) in [5.41, 5.74) is 0. The van der Waals surface area contributed by atoms with E-state index in [9.17, 15) is 12.8 Å². The Bertz CT molecular complexity index is 783. The van der Waals surface area contributed by atoms with Gasteiger partial charge in [0.15, 0.2) is 0 Å². The van der Waals surface area contributed by atoms with Crippen molar-refractivity contribution in [1.29, 1.82) is 0 Å². The van der Waals surface area contributed by atoms with E-state index in [1.54, 1.807) is 24.5 Å². The second kappa shape index (κ2) is 7.54. The summed E-state index contributed by atoms with van der Waals surface area (Å²) in [4.78, 5) is 3.47. The minimum absolute atomic E-state index is 0.104. The van der Waals surface area contributed by atoms with E-state index < -0.39 is 20.7 Å². The Hall–Kier alpha value is -2.43. The monoisotopic (exact) mass is 320 g/mol. The molecule has 0 saturated carbocycles. The van der Waals surface area contributed by atoms with Crippen LogP contribution >= 0.6 is 0 Å². The topological polar surface area (TPSA) is 68.3 Å². The van der Waals surface area contributed by atoms with Crippen LogP contribution in [0.3, 0.4) is 0 Å². The van der Waals surface area contributed by atoms with E-state index in [1.807, 2.05) is 0 Å². The van der Waals surface area contributed by atoms with Crippen molar-refractivity contribution in [3.8, 4) is 17.6 Å². The minimum Gasteiger partial charge on any atom is -0.479 e. The predicted octanol–water partition coefficient (Wildman–Crippen LogP) is 1.58. The third kappa shape index (κ3) is 4.55. The van der Waals surface area contributed by atoms with Gasteiger partial charge in [-0.15, -0.1) is 0 Å². The smallest absolute Gasteiger partial charge is 0.244 e. The molecule has 0 aliphatic rings. The summed E-state index contributed by atoms with van der Waals surface area (Å²) in [6.07, 6.45) is 3.17. The number of hydrogen-bond donors (Lipinski definition) is 1. The zero-order valence-corrected chi connectivity index (χ0v) is 12.3. The maximum absolute atomic E-state index is 13.4. The molecule has 7 heteroatoms. The highest BCUT2D eigenvalue weighted by atomic mass is 32.2. The molecule has 0 aliphatic heterocycles. The van der Waals surface area contributed by atoms with Crippen LogP contribution in [0.1, 0.15) is 0 Å². The molecule has 0 atom stereocenters. The van der Waals surface area contributed by atoms with Crippen molar-refractivity contribution in [2.75, 3.05) is 13.2 Å². The molecule has 114 valence electrons. The molecule has 2 aromatic rings. The summed E-state index contributed by atoms with van der Waals surface area (Å²) in [7, 11) is -3.91. The van der Waals surface area contributed by atoms with Crippen LogP contribution in [0.4, 0.5) is 4.39 Å². The standard InChI is InChI=1S/C15H13FN2O3S/c16-14-7-1-2-8-15(14)22(19,20)18-10-3-4-11-21-13-6-5-9-17-12-13/h1-2,5-9,12,18H,10-11H2. The van der Waals surface area contributed by atoms with Gasteiger partial charge in [0.2, 0.25) is 10.0 Å². The van der Waals surface area contributed by atoms with Crippen LogP contribution in [0.25, 0.3) is 0 Å². The first-order valence-corrected chi connectivity index (χ1v) is 7.80. The van der Waals surface area contributed by atoms with Gasteiger partial charge in [0, 0.05) is 6.20 Å². The minimum atomic E-state index is -3.91. The number of aromatic nitrogens is 1. The molecule has 0 radical (unpaired) electrons. The van der Waals surface area contributed by atoms with Crippen molar-refractivity contribution in [3.63, 3.8) is 0 Å². The lowest BCUT2D eigenvalue weighted by Gasteiger charge is -2.04. The molecule has 0 bridgehead atoms. The SMILES string of the molecule is O=S(=O)(NCC#CCOc1cccnc1)c1ccccc1F. The van der Waals surface area contributed by atoms with Gasteiger partial charge in [0.05, 0.1) is 12.7 Å². The van der Waals surface area contributed by atoms with Crippen molar-refractivity contribution in [2.24, 2.45) is 0 Å². The summed E-state index contributed by atoms with van der Waals surface area (Å²) < 4.78 is 44.6. The molecule has 0 aliphatic carbocycles. The van der Waals surface area contributed by atoms with Gasteiger partial charge in [0.1, 0.15) is 23.1 Å². The molecule has 1 N–H and O–H groups in total. The van der Waals surface area contributed by atoms with Crippen molar-refractivity contribution < 1.29 is 17.5 Å². The highest BCUT2D eigenvalue weighted by Gasteiger charge is 2.16. The van der Waals surface area contributed by atoms with Gasteiger partial charge in [-0.3, -0.25) is 4.98 Å². The van der Waals surface area contributed by atoms with Gasteiger partial charge >= 0.3 is 0 Å². The lowest BCUT2D eigenvalue weighted by molar-refractivity contribution is 0.368. The maximum Gasteiger partial charge on any atom is 0.244 e. The lowest BCUT2D eigenvalue weighted by atomic mass is 10.4. The van der Waals surface area contributed by atoms with Crippen LogP contribution in [-0.2, 0) is 10.0 Å². The Kier molecular flexibility index (Phi) is 5.47. The second-order valence-corrected chi connectivity index (χ2v) is 5.82. The second-order valence-electron chi connectivity index (χ2n) is 4.09. The van der Waals surface area contributed by atoms with Crippen LogP contribution < -0.4 is 9.46 Å². The molecule has 1 heterocycles. The molecule has 2 rings (SSSR count). The van der Waals surface area contributed by atoms with Crippen LogP contribution in [0.15, 0.2) is 53.7 Å². The Morgan fingerprint density at radius 2 is 2.00 bits per heavy atom. The molecular weight excluding hydrogens is 307 g/mol. The van der Waals surface area contributed by atoms with E-state index in [4.69, 9.17) is 4.74 Å². The predicted molar refractivity (Wildman–Crippen MR) is 79.1 cm³/mol. The van der Waals surface area contributed by atoms with Gasteiger partial charge in [0.25, 0.3) is 0 Å². The fourth-order valence-electron chi connectivity index (χ4n) is 1.54. The van der Waals surface area contributed by atoms with E-state index >= 15 is 0 Å². The number of nitrogens with zero attached hydrogens (tertiary/aromatic N) is 1. The van der Waals surface area contributed by atoms with Crippen LogP contribution in [0, 0.1) is 17.7 Å². The molecule has 1 aromatic carbocycles. The highest BCUT2D eigenvalue weighted by Crippen LogP contribution is 2.12. The molecule has 0 fully saturated rings. The molecule has 0 amide bonds. The van der Waals surface area contributed by atoms with Crippen LogP contribution in [0.2, 0.25) is 0 Å². The summed E-state index contributed by atoms with van der Waals surface area (Å²) in [5, 5.41) is 0. The maximum atomic E-state index is 13.4. The van der Waals surface area contributed by atoms with Crippen molar-refractivity contribution >= 4 is 10.0 Å². The van der Waals surface area contributed by atoms with Gasteiger partial charge in [-0.1, -0.05) is 24.0 Å². The number of sulfonamides is 1. The number of nitrogens with one attached hydrogen (secondary N) is 1. The zero-order chi connectivity index (χ0) is 15.8. The Balaban J connectivity index is 1.84. The number of halogens is 1. The average Bonchev–Trinajstić information content (AvgIpc) is 2.52. The first-order chi connectivity index (χ1) is 10.6. The summed E-state index contributed by atoms with van der Waals surface area (Å²) in [6, 6.07) is 8.61. The lowest BCUT2D eigenvalue weighted by Crippen LogP contribution is -2.25. The van der Waals surface area contributed by atoms with Gasteiger partial charge in [-0.05, 0) is 24.3 Å².